The average molecular weight is 334 g/mol. The van der Waals surface area contributed by atoms with E-state index in [-0.39, 0.29) is 5.82 Å². The molecule has 0 atom stereocenters. The molecule has 0 spiro atoms. The van der Waals surface area contributed by atoms with Crippen LogP contribution in [0.3, 0.4) is 0 Å². The van der Waals surface area contributed by atoms with Crippen LogP contribution in [-0.2, 0) is 6.42 Å². The topological polar surface area (TPSA) is 48.2 Å². The summed E-state index contributed by atoms with van der Waals surface area (Å²) in [5.41, 5.74) is 5.51. The van der Waals surface area contributed by atoms with Gasteiger partial charge in [-0.05, 0) is 69.8 Å². The first-order chi connectivity index (χ1) is 12.2. The zero-order valence-corrected chi connectivity index (χ0v) is 13.6. The highest BCUT2D eigenvalue weighted by Crippen LogP contribution is 2.33. The quantitative estimate of drug-likeness (QED) is 0.546. The molecule has 4 aromatic rings. The number of hydrogen-bond acceptors (Lipinski definition) is 4. The molecule has 0 unspecified atom stereocenters. The molecular weight excluding hydrogens is 319 g/mol. The Morgan fingerprint density at radius 3 is 2.44 bits per heavy atom. The zero-order chi connectivity index (χ0) is 17.2. The smallest absolute Gasteiger partial charge is 0.135 e. The molecule has 0 amide bonds. The molecule has 5 heteroatoms. The van der Waals surface area contributed by atoms with Crippen LogP contribution in [0.4, 0.5) is 4.39 Å². The molecule has 0 radical (unpaired) electrons. The van der Waals surface area contributed by atoms with E-state index in [2.05, 4.69) is 16.4 Å². The van der Waals surface area contributed by atoms with Crippen molar-refractivity contribution in [1.82, 2.24) is 10.3 Å². The van der Waals surface area contributed by atoms with Crippen molar-refractivity contribution in [2.45, 2.75) is 6.42 Å². The first-order valence-corrected chi connectivity index (χ1v) is 7.87. The molecule has 0 bridgehead atoms. The van der Waals surface area contributed by atoms with Crippen molar-refractivity contribution in [1.29, 1.82) is 0 Å². The van der Waals surface area contributed by atoms with E-state index in [1.54, 1.807) is 19.2 Å². The van der Waals surface area contributed by atoms with Crippen molar-refractivity contribution in [3.05, 3.63) is 77.6 Å². The lowest BCUT2D eigenvalue weighted by Crippen LogP contribution is -1.93. The maximum Gasteiger partial charge on any atom is 0.135 e. The standard InChI is InChI=1S/C20H15FN2O2/c1-24-20-9-4-14(10-13-2-6-16(21)7-3-13)11-17(20)15-5-8-18-19(12-15)23-25-22-18/h2-9,11-12H,10H2,1H3. The summed E-state index contributed by atoms with van der Waals surface area (Å²) < 4.78 is 23.3. The monoisotopic (exact) mass is 334 g/mol. The van der Waals surface area contributed by atoms with Gasteiger partial charge in [-0.2, -0.15) is 0 Å². The first kappa shape index (κ1) is 15.3. The van der Waals surface area contributed by atoms with Gasteiger partial charge in [0, 0.05) is 5.56 Å². The lowest BCUT2D eigenvalue weighted by atomic mass is 9.98. The third-order valence-electron chi connectivity index (χ3n) is 4.15. The third kappa shape index (κ3) is 3.08. The number of methoxy groups -OCH3 is 1. The number of rotatable bonds is 4. The van der Waals surface area contributed by atoms with Crippen LogP contribution in [0.25, 0.3) is 22.2 Å². The van der Waals surface area contributed by atoms with Gasteiger partial charge < -0.3 is 4.74 Å². The number of ether oxygens (including phenoxy) is 1. The number of aromatic nitrogens is 2. The maximum absolute atomic E-state index is 13.1. The number of nitrogens with zero attached hydrogens (tertiary/aromatic N) is 2. The Morgan fingerprint density at radius 2 is 1.64 bits per heavy atom. The van der Waals surface area contributed by atoms with Gasteiger partial charge in [0.05, 0.1) is 7.11 Å². The third-order valence-corrected chi connectivity index (χ3v) is 4.15. The van der Waals surface area contributed by atoms with Crippen LogP contribution in [0.1, 0.15) is 11.1 Å². The summed E-state index contributed by atoms with van der Waals surface area (Å²) in [4.78, 5) is 0. The normalized spacial score (nSPS) is 11.0. The lowest BCUT2D eigenvalue weighted by molar-refractivity contribution is 0.315. The largest absolute Gasteiger partial charge is 0.496 e. The van der Waals surface area contributed by atoms with Gasteiger partial charge in [-0.3, -0.25) is 0 Å². The molecule has 4 nitrogen and oxygen atoms in total. The molecule has 0 aliphatic heterocycles. The second-order valence-electron chi connectivity index (χ2n) is 5.81. The molecule has 0 fully saturated rings. The van der Waals surface area contributed by atoms with Crippen LogP contribution >= 0.6 is 0 Å². The summed E-state index contributed by atoms with van der Waals surface area (Å²) in [5, 5.41) is 7.72. The molecule has 0 saturated heterocycles. The van der Waals surface area contributed by atoms with Crippen LogP contribution in [0.5, 0.6) is 5.75 Å². The summed E-state index contributed by atoms with van der Waals surface area (Å²) in [5.74, 6) is 0.548. The Balaban J connectivity index is 1.73. The fourth-order valence-electron chi connectivity index (χ4n) is 2.88. The van der Waals surface area contributed by atoms with Crippen LogP contribution < -0.4 is 4.74 Å². The van der Waals surface area contributed by atoms with Gasteiger partial charge in [0.2, 0.25) is 0 Å². The van der Waals surface area contributed by atoms with Crippen LogP contribution in [0.15, 0.2) is 65.3 Å². The molecule has 25 heavy (non-hydrogen) atoms. The number of fused-ring (bicyclic) bond motifs is 1. The van der Waals surface area contributed by atoms with Gasteiger partial charge in [0.25, 0.3) is 0 Å². The molecule has 1 heterocycles. The van der Waals surface area contributed by atoms with Gasteiger partial charge in [0.1, 0.15) is 22.6 Å². The fraction of sp³-hybridized carbons (Fsp3) is 0.100. The molecule has 0 N–H and O–H groups in total. The van der Waals surface area contributed by atoms with Gasteiger partial charge in [-0.15, -0.1) is 0 Å². The summed E-state index contributed by atoms with van der Waals surface area (Å²) in [6.07, 6.45) is 0.713. The molecule has 124 valence electrons. The van der Waals surface area contributed by atoms with Gasteiger partial charge in [-0.25, -0.2) is 9.02 Å². The Labute approximate surface area is 143 Å². The van der Waals surface area contributed by atoms with Gasteiger partial charge in [-0.1, -0.05) is 24.3 Å². The number of benzene rings is 3. The Morgan fingerprint density at radius 1 is 0.880 bits per heavy atom. The van der Waals surface area contributed by atoms with E-state index in [0.29, 0.717) is 17.5 Å². The van der Waals surface area contributed by atoms with Crippen LogP contribution in [0.2, 0.25) is 0 Å². The first-order valence-electron chi connectivity index (χ1n) is 7.87. The Bertz CT molecular complexity index is 1030. The minimum Gasteiger partial charge on any atom is -0.496 e. The molecule has 3 aromatic carbocycles. The summed E-state index contributed by atoms with van der Waals surface area (Å²) in [6.45, 7) is 0. The Hall–Kier alpha value is -3.21. The highest BCUT2D eigenvalue weighted by atomic mass is 19.1. The van der Waals surface area contributed by atoms with Gasteiger partial charge >= 0.3 is 0 Å². The fourth-order valence-corrected chi connectivity index (χ4v) is 2.88. The van der Waals surface area contributed by atoms with E-state index in [1.165, 1.54) is 12.1 Å². The van der Waals surface area contributed by atoms with Crippen molar-refractivity contribution in [3.8, 4) is 16.9 Å². The molecule has 0 saturated carbocycles. The van der Waals surface area contributed by atoms with E-state index < -0.39 is 0 Å². The zero-order valence-electron chi connectivity index (χ0n) is 13.6. The van der Waals surface area contributed by atoms with Crippen molar-refractivity contribution in [3.63, 3.8) is 0 Å². The highest BCUT2D eigenvalue weighted by molar-refractivity contribution is 5.82. The predicted molar refractivity (Wildman–Crippen MR) is 93.0 cm³/mol. The minimum atomic E-state index is -0.228. The summed E-state index contributed by atoms with van der Waals surface area (Å²) in [6, 6.07) is 18.3. The second kappa shape index (κ2) is 6.36. The molecule has 0 aliphatic rings. The lowest BCUT2D eigenvalue weighted by Gasteiger charge is -2.11. The van der Waals surface area contributed by atoms with Crippen molar-refractivity contribution in [2.75, 3.05) is 7.11 Å². The van der Waals surface area contributed by atoms with Crippen molar-refractivity contribution < 1.29 is 13.8 Å². The highest BCUT2D eigenvalue weighted by Gasteiger charge is 2.10. The Kier molecular flexibility index (Phi) is 3.90. The predicted octanol–water partition coefficient (Wildman–Crippen LogP) is 4.63. The summed E-state index contributed by atoms with van der Waals surface area (Å²) in [7, 11) is 1.65. The van der Waals surface area contributed by atoms with E-state index in [4.69, 9.17) is 9.37 Å². The van der Waals surface area contributed by atoms with E-state index >= 15 is 0 Å². The number of hydrogen-bond donors (Lipinski definition) is 0. The van der Waals surface area contributed by atoms with E-state index in [0.717, 1.165) is 28.0 Å². The van der Waals surface area contributed by atoms with E-state index in [1.807, 2.05) is 30.3 Å². The van der Waals surface area contributed by atoms with Crippen LogP contribution in [0, 0.1) is 5.82 Å². The molecule has 0 aliphatic carbocycles. The SMILES string of the molecule is COc1ccc(Cc2ccc(F)cc2)cc1-c1ccc2nonc2c1. The molecular formula is C20H15FN2O2. The second-order valence-corrected chi connectivity index (χ2v) is 5.81. The average Bonchev–Trinajstić information content (AvgIpc) is 3.11. The van der Waals surface area contributed by atoms with Gasteiger partial charge in [0.15, 0.2) is 0 Å². The summed E-state index contributed by atoms with van der Waals surface area (Å²) >= 11 is 0. The van der Waals surface area contributed by atoms with Crippen molar-refractivity contribution >= 4 is 11.0 Å². The number of halogens is 1. The molecule has 4 rings (SSSR count). The van der Waals surface area contributed by atoms with E-state index in [9.17, 15) is 4.39 Å². The van der Waals surface area contributed by atoms with Crippen molar-refractivity contribution in [2.24, 2.45) is 0 Å². The minimum absolute atomic E-state index is 0.228. The molecule has 1 aromatic heterocycles. The van der Waals surface area contributed by atoms with Crippen LogP contribution in [-0.4, -0.2) is 17.4 Å². The maximum atomic E-state index is 13.1.